The van der Waals surface area contributed by atoms with E-state index < -0.39 is 11.8 Å². The van der Waals surface area contributed by atoms with Gasteiger partial charge in [-0.1, -0.05) is 35.0 Å². The van der Waals surface area contributed by atoms with E-state index in [1.54, 1.807) is 36.4 Å². The van der Waals surface area contributed by atoms with Gasteiger partial charge >= 0.3 is 0 Å². The Morgan fingerprint density at radius 3 is 2.00 bits per heavy atom. The first-order valence-electron chi connectivity index (χ1n) is 8.45. The van der Waals surface area contributed by atoms with E-state index in [-0.39, 0.29) is 18.3 Å². The lowest BCUT2D eigenvalue weighted by molar-refractivity contribution is -0.124. The first kappa shape index (κ1) is 21.6. The molecule has 2 aromatic carbocycles. The lowest BCUT2D eigenvalue weighted by Crippen LogP contribution is -2.50. The second-order valence-electron chi connectivity index (χ2n) is 5.58. The van der Waals surface area contributed by atoms with E-state index in [4.69, 9.17) is 21.7 Å². The van der Waals surface area contributed by atoms with Crippen molar-refractivity contribution in [2.75, 3.05) is 13.2 Å². The summed E-state index contributed by atoms with van der Waals surface area (Å²) < 4.78 is 11.6. The molecule has 0 aliphatic heterocycles. The highest BCUT2D eigenvalue weighted by molar-refractivity contribution is 9.10. The first-order valence-corrected chi connectivity index (χ1v) is 9.65. The van der Waals surface area contributed by atoms with Crippen molar-refractivity contribution >= 4 is 45.1 Å². The lowest BCUT2D eigenvalue weighted by Gasteiger charge is -2.12. The van der Waals surface area contributed by atoms with Crippen molar-refractivity contribution in [1.29, 1.82) is 0 Å². The van der Waals surface area contributed by atoms with Crippen LogP contribution in [0.3, 0.4) is 0 Å². The monoisotopic (exact) mass is 465 g/mol. The third-order valence-electron chi connectivity index (χ3n) is 3.45. The third-order valence-corrected chi connectivity index (χ3v) is 4.19. The van der Waals surface area contributed by atoms with Crippen LogP contribution in [0.4, 0.5) is 0 Å². The number of hydrazine groups is 1. The van der Waals surface area contributed by atoms with Gasteiger partial charge in [0.05, 0.1) is 0 Å². The number of hydrogen-bond donors (Lipinski definition) is 3. The number of carbonyl (C=O) groups is 2. The van der Waals surface area contributed by atoms with E-state index in [0.29, 0.717) is 11.5 Å². The average molecular weight is 466 g/mol. The van der Waals surface area contributed by atoms with Crippen LogP contribution in [0.1, 0.15) is 12.5 Å². The molecule has 28 heavy (non-hydrogen) atoms. The molecule has 0 atom stereocenters. The number of benzene rings is 2. The molecule has 0 unspecified atom stereocenters. The van der Waals surface area contributed by atoms with Gasteiger partial charge in [-0.3, -0.25) is 25.8 Å². The Morgan fingerprint density at radius 1 is 0.893 bits per heavy atom. The Hall–Kier alpha value is -2.65. The molecule has 148 valence electrons. The third kappa shape index (κ3) is 7.93. The molecule has 7 nitrogen and oxygen atoms in total. The number of halogens is 1. The number of ether oxygens (including phenoxy) is 2. The van der Waals surface area contributed by atoms with E-state index in [1.165, 1.54) is 5.56 Å². The minimum Gasteiger partial charge on any atom is -0.484 e. The molecule has 0 saturated carbocycles. The van der Waals surface area contributed by atoms with Crippen LogP contribution in [0, 0.1) is 0 Å². The molecule has 0 fully saturated rings. The molecule has 2 rings (SSSR count). The summed E-state index contributed by atoms with van der Waals surface area (Å²) in [5.41, 5.74) is 5.95. The summed E-state index contributed by atoms with van der Waals surface area (Å²) in [6, 6.07) is 14.5. The molecule has 0 aliphatic rings. The van der Waals surface area contributed by atoms with Crippen molar-refractivity contribution in [2.24, 2.45) is 0 Å². The molecule has 9 heteroatoms. The smallest absolute Gasteiger partial charge is 0.276 e. The molecule has 0 heterocycles. The zero-order valence-corrected chi connectivity index (χ0v) is 17.6. The van der Waals surface area contributed by atoms with Gasteiger partial charge < -0.3 is 9.47 Å². The summed E-state index contributed by atoms with van der Waals surface area (Å²) in [7, 11) is 0. The van der Waals surface area contributed by atoms with Crippen LogP contribution in [0.5, 0.6) is 11.5 Å². The van der Waals surface area contributed by atoms with Gasteiger partial charge in [0.15, 0.2) is 18.3 Å². The topological polar surface area (TPSA) is 88.7 Å². The molecule has 0 spiro atoms. The largest absolute Gasteiger partial charge is 0.484 e. The van der Waals surface area contributed by atoms with Crippen molar-refractivity contribution in [1.82, 2.24) is 16.2 Å². The number of amides is 2. The second kappa shape index (κ2) is 11.3. The number of hydrogen-bond acceptors (Lipinski definition) is 5. The van der Waals surface area contributed by atoms with E-state index in [2.05, 4.69) is 39.0 Å². The standard InChI is InChI=1S/C19H20BrN3O4S/c1-2-13-3-7-15(8-4-13)26-11-17(24)21-19(28)23-22-18(25)12-27-16-9-5-14(20)6-10-16/h3-10H,2,11-12H2,1H3,(H,22,25)(H2,21,23,24,28). The normalized spacial score (nSPS) is 9.93. The molecular weight excluding hydrogens is 446 g/mol. The van der Waals surface area contributed by atoms with Crippen LogP contribution in [-0.2, 0) is 16.0 Å². The summed E-state index contributed by atoms with van der Waals surface area (Å²) in [6.45, 7) is 1.65. The summed E-state index contributed by atoms with van der Waals surface area (Å²) in [5.74, 6) is 0.243. The van der Waals surface area contributed by atoms with Crippen LogP contribution in [-0.4, -0.2) is 30.1 Å². The summed E-state index contributed by atoms with van der Waals surface area (Å²) in [4.78, 5) is 23.6. The zero-order valence-electron chi connectivity index (χ0n) is 15.2. The quantitative estimate of drug-likeness (QED) is 0.430. The van der Waals surface area contributed by atoms with Gasteiger partial charge in [-0.25, -0.2) is 0 Å². The van der Waals surface area contributed by atoms with Crippen molar-refractivity contribution in [2.45, 2.75) is 13.3 Å². The first-order chi connectivity index (χ1) is 13.5. The molecule has 2 amide bonds. The summed E-state index contributed by atoms with van der Waals surface area (Å²) in [5, 5.41) is 2.35. The summed E-state index contributed by atoms with van der Waals surface area (Å²) in [6.07, 6.45) is 0.931. The molecule has 0 aromatic heterocycles. The van der Waals surface area contributed by atoms with Crippen molar-refractivity contribution in [3.8, 4) is 11.5 Å². The van der Waals surface area contributed by atoms with Crippen molar-refractivity contribution in [3.63, 3.8) is 0 Å². The van der Waals surface area contributed by atoms with Gasteiger partial charge in [0, 0.05) is 4.47 Å². The van der Waals surface area contributed by atoms with Gasteiger partial charge in [0.1, 0.15) is 11.5 Å². The van der Waals surface area contributed by atoms with E-state index in [9.17, 15) is 9.59 Å². The summed E-state index contributed by atoms with van der Waals surface area (Å²) >= 11 is 8.26. The number of aryl methyl sites for hydroxylation is 1. The Balaban J connectivity index is 1.63. The van der Waals surface area contributed by atoms with Crippen LogP contribution in [0.15, 0.2) is 53.0 Å². The molecule has 0 radical (unpaired) electrons. The average Bonchev–Trinajstić information content (AvgIpc) is 2.70. The Bertz CT molecular complexity index is 813. The van der Waals surface area contributed by atoms with Gasteiger partial charge in [-0.05, 0) is 60.6 Å². The van der Waals surface area contributed by atoms with E-state index >= 15 is 0 Å². The van der Waals surface area contributed by atoms with Gasteiger partial charge in [-0.15, -0.1) is 0 Å². The number of carbonyl (C=O) groups excluding carboxylic acids is 2. The minimum absolute atomic E-state index is 0.0491. The Morgan fingerprint density at radius 2 is 1.43 bits per heavy atom. The van der Waals surface area contributed by atoms with E-state index in [1.807, 2.05) is 12.1 Å². The van der Waals surface area contributed by atoms with Crippen molar-refractivity contribution in [3.05, 3.63) is 58.6 Å². The van der Waals surface area contributed by atoms with Gasteiger partial charge in [-0.2, -0.15) is 0 Å². The van der Waals surface area contributed by atoms with Crippen molar-refractivity contribution < 1.29 is 19.1 Å². The minimum atomic E-state index is -0.452. The molecule has 3 N–H and O–H groups in total. The Labute approximate surface area is 176 Å². The highest BCUT2D eigenvalue weighted by atomic mass is 79.9. The highest BCUT2D eigenvalue weighted by Gasteiger charge is 2.08. The maximum Gasteiger partial charge on any atom is 0.276 e. The SMILES string of the molecule is CCc1ccc(OCC(=O)NC(=S)NNC(=O)COc2ccc(Br)cc2)cc1. The van der Waals surface area contributed by atoms with Crippen LogP contribution in [0.25, 0.3) is 0 Å². The predicted molar refractivity (Wildman–Crippen MR) is 113 cm³/mol. The Kier molecular flexibility index (Phi) is 8.70. The fraction of sp³-hybridized carbons (Fsp3) is 0.211. The molecule has 2 aromatic rings. The number of rotatable bonds is 7. The second-order valence-corrected chi connectivity index (χ2v) is 6.90. The maximum atomic E-state index is 11.8. The van der Waals surface area contributed by atoms with Crippen LogP contribution < -0.4 is 25.6 Å². The van der Waals surface area contributed by atoms with Crippen LogP contribution in [0.2, 0.25) is 0 Å². The lowest BCUT2D eigenvalue weighted by atomic mass is 10.2. The molecule has 0 saturated heterocycles. The zero-order chi connectivity index (χ0) is 20.4. The predicted octanol–water partition coefficient (Wildman–Crippen LogP) is 2.49. The van der Waals surface area contributed by atoms with Gasteiger partial charge in [0.25, 0.3) is 11.8 Å². The van der Waals surface area contributed by atoms with Gasteiger partial charge in [0.2, 0.25) is 0 Å². The number of thiocarbonyl (C=S) groups is 1. The molecular formula is C19H20BrN3O4S. The maximum absolute atomic E-state index is 11.8. The van der Waals surface area contributed by atoms with E-state index in [0.717, 1.165) is 10.9 Å². The number of nitrogens with one attached hydrogen (secondary N) is 3. The molecule has 0 aliphatic carbocycles. The fourth-order valence-corrected chi connectivity index (χ4v) is 2.44. The highest BCUT2D eigenvalue weighted by Crippen LogP contribution is 2.15. The molecule has 0 bridgehead atoms. The fourth-order valence-electron chi connectivity index (χ4n) is 2.01. The van der Waals surface area contributed by atoms with Crippen LogP contribution >= 0.6 is 28.1 Å².